The molecule has 15 heteroatoms. The zero-order chi connectivity index (χ0) is 30.9. The smallest absolute Gasteiger partial charge is 0.355 e. The van der Waals surface area contributed by atoms with Gasteiger partial charge in [-0.2, -0.15) is 0 Å². The van der Waals surface area contributed by atoms with Gasteiger partial charge in [-0.1, -0.05) is 29.8 Å². The van der Waals surface area contributed by atoms with Crippen LogP contribution in [-0.2, 0) is 57.2 Å². The third kappa shape index (κ3) is 9.33. The number of halogens is 1. The fraction of sp³-hybridized carbons (Fsp3) is 0.538. The number of carbonyl (C=O) groups excluding carboxylic acids is 6. The molecule has 0 spiro atoms. The first kappa shape index (κ1) is 33.8. The van der Waals surface area contributed by atoms with E-state index in [0.29, 0.717) is 4.90 Å². The molecule has 41 heavy (non-hydrogen) atoms. The van der Waals surface area contributed by atoms with Crippen LogP contribution >= 0.6 is 23.4 Å². The van der Waals surface area contributed by atoms with E-state index in [2.05, 4.69) is 5.32 Å². The van der Waals surface area contributed by atoms with Crippen LogP contribution in [0.1, 0.15) is 34.6 Å². The highest BCUT2D eigenvalue weighted by molar-refractivity contribution is 8.00. The second-order valence-electron chi connectivity index (χ2n) is 8.90. The third-order valence-electron chi connectivity index (χ3n) is 5.58. The molecule has 1 amide bonds. The molecule has 1 aliphatic heterocycles. The molecule has 0 saturated carbocycles. The van der Waals surface area contributed by atoms with Crippen LogP contribution in [0.5, 0.6) is 0 Å². The minimum absolute atomic E-state index is 0.594. The third-order valence-corrected chi connectivity index (χ3v) is 7.59. The first-order valence-electron chi connectivity index (χ1n) is 12.3. The second kappa shape index (κ2) is 15.0. The molecule has 7 atom stereocenters. The number of hydrogen-bond acceptors (Lipinski definition) is 13. The summed E-state index contributed by atoms with van der Waals surface area (Å²) >= 11 is 7.89. The Morgan fingerprint density at radius 1 is 0.951 bits per heavy atom. The molecule has 0 aliphatic carbocycles. The summed E-state index contributed by atoms with van der Waals surface area (Å²) in [5, 5.41) is -1.03. The van der Waals surface area contributed by atoms with Gasteiger partial charge < -0.3 is 33.7 Å². The Bertz CT molecular complexity index is 1130. The van der Waals surface area contributed by atoms with Crippen molar-refractivity contribution in [3.05, 3.63) is 30.3 Å². The Morgan fingerprint density at radius 2 is 1.56 bits per heavy atom. The number of methoxy groups -OCH3 is 1. The van der Waals surface area contributed by atoms with Gasteiger partial charge in [-0.15, -0.1) is 11.8 Å². The lowest BCUT2D eigenvalue weighted by molar-refractivity contribution is -0.223. The van der Waals surface area contributed by atoms with Crippen molar-refractivity contribution in [1.82, 2.24) is 5.32 Å². The molecule has 226 valence electrons. The van der Waals surface area contributed by atoms with Crippen molar-refractivity contribution >= 4 is 59.1 Å². The van der Waals surface area contributed by atoms with E-state index in [-0.39, 0.29) is 0 Å². The second-order valence-corrected chi connectivity index (χ2v) is 10.7. The molecule has 1 heterocycles. The number of amides is 1. The van der Waals surface area contributed by atoms with Gasteiger partial charge in [0.1, 0.15) is 24.1 Å². The van der Waals surface area contributed by atoms with Crippen LogP contribution in [0, 0.1) is 0 Å². The van der Waals surface area contributed by atoms with Gasteiger partial charge in [0.2, 0.25) is 5.91 Å². The summed E-state index contributed by atoms with van der Waals surface area (Å²) in [5.74, 6) is -4.98. The molecule has 13 nitrogen and oxygen atoms in total. The number of rotatable bonds is 11. The first-order valence-corrected chi connectivity index (χ1v) is 13.5. The molecule has 0 bridgehead atoms. The van der Waals surface area contributed by atoms with E-state index in [1.165, 1.54) is 6.92 Å². The molecule has 1 fully saturated rings. The normalized spacial score (nSPS) is 25.0. The topological polar surface area (TPSA) is 170 Å². The number of thioether (sulfide) groups is 1. The first-order chi connectivity index (χ1) is 19.2. The number of carbonyl (C=O) groups is 6. The highest BCUT2D eigenvalue weighted by Gasteiger charge is 2.63. The Hall–Kier alpha value is -3.36. The standard InChI is InChI=1S/C26H32ClNO12S/c1-13(29)28-20-22(21(38-16(4)32)19(37-15(3)31)12-36-14(2)30)40-26(27,25(34)35-6)24(23(20)39-17(5)33)41-18-10-8-7-9-11-18/h7-11,19-24H,12H2,1-6H3,(H,28,29)/t19-,20+,21-,22-,23-,24+,26-/m1/s1. The van der Waals surface area contributed by atoms with Crippen molar-refractivity contribution in [2.24, 2.45) is 0 Å². The zero-order valence-corrected chi connectivity index (χ0v) is 24.8. The number of alkyl halides is 1. The minimum Gasteiger partial charge on any atom is -0.466 e. The number of benzene rings is 1. The van der Waals surface area contributed by atoms with Crippen molar-refractivity contribution in [3.8, 4) is 0 Å². The van der Waals surface area contributed by atoms with E-state index in [0.717, 1.165) is 46.6 Å². The lowest BCUT2D eigenvalue weighted by Crippen LogP contribution is -2.72. The maximum atomic E-state index is 13.2. The maximum Gasteiger partial charge on any atom is 0.355 e. The summed E-state index contributed by atoms with van der Waals surface area (Å²) < 4.78 is 32.5. The lowest BCUT2D eigenvalue weighted by Gasteiger charge is -2.50. The van der Waals surface area contributed by atoms with Crippen LogP contribution in [0.15, 0.2) is 35.2 Å². The molecule has 1 saturated heterocycles. The number of nitrogens with one attached hydrogen (secondary N) is 1. The van der Waals surface area contributed by atoms with Crippen molar-refractivity contribution in [2.75, 3.05) is 13.7 Å². The summed E-state index contributed by atoms with van der Waals surface area (Å²) in [6.07, 6.45) is -6.16. The van der Waals surface area contributed by atoms with E-state index in [4.69, 9.17) is 40.0 Å². The van der Waals surface area contributed by atoms with E-state index in [1.807, 2.05) is 0 Å². The fourth-order valence-electron chi connectivity index (χ4n) is 4.17. The Labute approximate surface area is 245 Å². The van der Waals surface area contributed by atoms with Crippen molar-refractivity contribution in [3.63, 3.8) is 0 Å². The largest absolute Gasteiger partial charge is 0.466 e. The molecule has 1 aromatic carbocycles. The van der Waals surface area contributed by atoms with Crippen LogP contribution in [0.25, 0.3) is 0 Å². The maximum absolute atomic E-state index is 13.2. The van der Waals surface area contributed by atoms with E-state index in [9.17, 15) is 28.8 Å². The number of hydrogen-bond donors (Lipinski definition) is 1. The molecule has 1 N–H and O–H groups in total. The highest BCUT2D eigenvalue weighted by atomic mass is 35.5. The monoisotopic (exact) mass is 617 g/mol. The van der Waals surface area contributed by atoms with Crippen molar-refractivity contribution in [1.29, 1.82) is 0 Å². The molecule has 1 aromatic rings. The summed E-state index contributed by atoms with van der Waals surface area (Å²) in [6.45, 7) is 4.89. The average Bonchev–Trinajstić information content (AvgIpc) is 2.88. The molecule has 0 radical (unpaired) electrons. The van der Waals surface area contributed by atoms with E-state index < -0.39 is 83.1 Å². The van der Waals surface area contributed by atoms with Gasteiger partial charge in [0.15, 0.2) is 12.2 Å². The van der Waals surface area contributed by atoms with Gasteiger partial charge in [-0.3, -0.25) is 24.0 Å². The molecule has 0 aromatic heterocycles. The average molecular weight is 618 g/mol. The van der Waals surface area contributed by atoms with Gasteiger partial charge in [0.05, 0.1) is 13.2 Å². The zero-order valence-electron chi connectivity index (χ0n) is 23.2. The summed E-state index contributed by atoms with van der Waals surface area (Å²) in [5.41, 5.74) is 0. The van der Waals surface area contributed by atoms with Gasteiger partial charge in [0.25, 0.3) is 5.06 Å². The van der Waals surface area contributed by atoms with Crippen LogP contribution in [0.3, 0.4) is 0 Å². The van der Waals surface area contributed by atoms with Crippen LogP contribution < -0.4 is 5.32 Å². The minimum atomic E-state index is -2.41. The van der Waals surface area contributed by atoms with Gasteiger partial charge in [-0.05, 0) is 12.1 Å². The summed E-state index contributed by atoms with van der Waals surface area (Å²) in [4.78, 5) is 74.4. The molecular formula is C26H32ClNO12S. The van der Waals surface area contributed by atoms with Gasteiger partial charge in [0, 0.05) is 39.5 Å². The molecular weight excluding hydrogens is 586 g/mol. The van der Waals surface area contributed by atoms with E-state index >= 15 is 0 Å². The van der Waals surface area contributed by atoms with Gasteiger partial charge in [-0.25, -0.2) is 4.79 Å². The molecule has 2 rings (SSSR count). The summed E-state index contributed by atoms with van der Waals surface area (Å²) in [7, 11) is 1.06. The fourth-order valence-corrected chi connectivity index (χ4v) is 5.88. The van der Waals surface area contributed by atoms with Crippen LogP contribution in [0.2, 0.25) is 0 Å². The quantitative estimate of drug-likeness (QED) is 0.215. The van der Waals surface area contributed by atoms with Crippen molar-refractivity contribution < 1.29 is 57.2 Å². The SMILES string of the molecule is COC(=O)[C@]1(Cl)O[C@@H]([C@H](OC(C)=O)[C@@H](COC(C)=O)OC(C)=O)[C@H](NC(C)=O)[C@@H](OC(C)=O)[C@@H]1Sc1ccccc1. The Kier molecular flexibility index (Phi) is 12.4. The molecule has 1 aliphatic rings. The molecule has 0 unspecified atom stereocenters. The van der Waals surface area contributed by atoms with Crippen LogP contribution in [-0.4, -0.2) is 90.2 Å². The predicted octanol–water partition coefficient (Wildman–Crippen LogP) is 1.52. The van der Waals surface area contributed by atoms with E-state index in [1.54, 1.807) is 30.3 Å². The predicted molar refractivity (Wildman–Crippen MR) is 142 cm³/mol. The van der Waals surface area contributed by atoms with Crippen LogP contribution in [0.4, 0.5) is 0 Å². The lowest BCUT2D eigenvalue weighted by atomic mass is 9.88. The number of ether oxygens (including phenoxy) is 6. The Balaban J connectivity index is 2.79. The van der Waals surface area contributed by atoms with Gasteiger partial charge >= 0.3 is 29.8 Å². The number of esters is 5. The van der Waals surface area contributed by atoms with Crippen molar-refractivity contribution in [2.45, 2.75) is 80.3 Å². The highest BCUT2D eigenvalue weighted by Crippen LogP contribution is 2.46. The summed E-state index contributed by atoms with van der Waals surface area (Å²) in [6, 6.07) is 7.29. The Morgan fingerprint density at radius 3 is 2.05 bits per heavy atom.